The Kier molecular flexibility index (Phi) is 5.10. The van der Waals surface area contributed by atoms with E-state index in [1.165, 1.54) is 0 Å². The average molecular weight is 328 g/mol. The minimum Gasteiger partial charge on any atom is -0.354 e. The molecule has 1 aliphatic heterocycles. The lowest BCUT2D eigenvalue weighted by Crippen LogP contribution is -2.44. The van der Waals surface area contributed by atoms with E-state index >= 15 is 0 Å². The summed E-state index contributed by atoms with van der Waals surface area (Å²) in [6, 6.07) is 5.50. The number of nitrogens with one attached hydrogen (secondary N) is 1. The fraction of sp³-hybridized carbons (Fsp3) is 0.471. The Morgan fingerprint density at radius 1 is 1.29 bits per heavy atom. The Balaban J connectivity index is 1.57. The minimum absolute atomic E-state index is 0.0448. The van der Waals surface area contributed by atoms with Crippen molar-refractivity contribution in [2.75, 3.05) is 38.1 Å². The number of hydrogen-bond donors (Lipinski definition) is 1. The van der Waals surface area contributed by atoms with Crippen molar-refractivity contribution < 1.29 is 4.79 Å². The molecule has 0 radical (unpaired) electrons. The van der Waals surface area contributed by atoms with Gasteiger partial charge < -0.3 is 15.1 Å². The molecule has 0 aliphatic carbocycles. The zero-order chi connectivity index (χ0) is 16.9. The number of pyridine rings is 1. The molecule has 2 aromatic heterocycles. The van der Waals surface area contributed by atoms with Gasteiger partial charge in [-0.25, -0.2) is 4.98 Å². The molecule has 128 valence electrons. The van der Waals surface area contributed by atoms with Gasteiger partial charge in [-0.05, 0) is 37.7 Å². The van der Waals surface area contributed by atoms with Gasteiger partial charge >= 0.3 is 0 Å². The van der Waals surface area contributed by atoms with Crippen LogP contribution >= 0.6 is 0 Å². The van der Waals surface area contributed by atoms with Gasteiger partial charge in [0.15, 0.2) is 0 Å². The van der Waals surface area contributed by atoms with E-state index in [1.54, 1.807) is 17.1 Å². The summed E-state index contributed by atoms with van der Waals surface area (Å²) in [5, 5.41) is 7.08. The lowest BCUT2D eigenvalue weighted by Gasteiger charge is -2.33. The molecule has 0 bridgehead atoms. The number of piperazine rings is 1. The zero-order valence-corrected chi connectivity index (χ0v) is 14.2. The largest absolute Gasteiger partial charge is 0.354 e. The summed E-state index contributed by atoms with van der Waals surface area (Å²) in [5.41, 5.74) is 1.06. The van der Waals surface area contributed by atoms with Crippen molar-refractivity contribution in [1.29, 1.82) is 0 Å². The summed E-state index contributed by atoms with van der Waals surface area (Å²) in [6.07, 6.45) is 5.28. The number of hydrogen-bond acceptors (Lipinski definition) is 5. The third-order valence-corrected chi connectivity index (χ3v) is 4.41. The van der Waals surface area contributed by atoms with Crippen molar-refractivity contribution in [2.45, 2.75) is 19.5 Å². The van der Waals surface area contributed by atoms with Crippen LogP contribution in [0.3, 0.4) is 0 Å². The molecular formula is C17H24N6O. The molecule has 1 atom stereocenters. The van der Waals surface area contributed by atoms with Crippen LogP contribution in [0.25, 0.3) is 0 Å². The van der Waals surface area contributed by atoms with Crippen LogP contribution in [0.4, 0.5) is 5.82 Å². The van der Waals surface area contributed by atoms with E-state index in [1.807, 2.05) is 25.3 Å². The molecule has 3 heterocycles. The number of carbonyl (C=O) groups excluding carboxylic acids is 1. The van der Waals surface area contributed by atoms with Crippen LogP contribution in [0.15, 0.2) is 36.8 Å². The number of aromatic nitrogens is 3. The number of amides is 1. The third kappa shape index (κ3) is 3.91. The summed E-state index contributed by atoms with van der Waals surface area (Å²) in [5.74, 6) is 0.937. The van der Waals surface area contributed by atoms with Crippen molar-refractivity contribution >= 4 is 11.7 Å². The van der Waals surface area contributed by atoms with Crippen molar-refractivity contribution in [3.8, 4) is 0 Å². The molecule has 0 aromatic carbocycles. The van der Waals surface area contributed by atoms with Gasteiger partial charge in [-0.15, -0.1) is 0 Å². The average Bonchev–Trinajstić information content (AvgIpc) is 3.14. The molecule has 1 aliphatic rings. The Morgan fingerprint density at radius 2 is 2.08 bits per heavy atom. The highest BCUT2D eigenvalue weighted by Crippen LogP contribution is 2.15. The normalized spacial score (nSPS) is 16.8. The quantitative estimate of drug-likeness (QED) is 0.884. The van der Waals surface area contributed by atoms with Crippen LogP contribution in [0.1, 0.15) is 18.5 Å². The first-order valence-corrected chi connectivity index (χ1v) is 8.29. The topological polar surface area (TPSA) is 66.3 Å². The van der Waals surface area contributed by atoms with Gasteiger partial charge in [0.25, 0.3) is 0 Å². The lowest BCUT2D eigenvalue weighted by molar-refractivity contribution is -0.124. The first-order chi connectivity index (χ1) is 11.6. The van der Waals surface area contributed by atoms with E-state index in [4.69, 9.17) is 0 Å². The maximum atomic E-state index is 12.2. The Hall–Kier alpha value is -2.41. The summed E-state index contributed by atoms with van der Waals surface area (Å²) in [7, 11) is 2.14. The van der Waals surface area contributed by atoms with Gasteiger partial charge in [-0.2, -0.15) is 5.10 Å². The van der Waals surface area contributed by atoms with E-state index in [2.05, 4.69) is 38.3 Å². The molecule has 1 fully saturated rings. The van der Waals surface area contributed by atoms with Gasteiger partial charge in [-0.3, -0.25) is 9.48 Å². The first-order valence-electron chi connectivity index (χ1n) is 8.29. The predicted octanol–water partition coefficient (Wildman–Crippen LogP) is 0.907. The molecule has 1 amide bonds. The number of carbonyl (C=O) groups is 1. The maximum absolute atomic E-state index is 12.2. The Morgan fingerprint density at radius 3 is 2.79 bits per heavy atom. The Bertz CT molecular complexity index is 663. The standard InChI is InChI=1S/C17H24N6O/c1-14(23-7-3-5-20-23)17(24)19-13-15-4-6-18-16(12-15)22-10-8-21(2)9-11-22/h3-7,12,14H,8-11,13H2,1-2H3,(H,19,24). The van der Waals surface area contributed by atoms with Gasteiger partial charge in [0.2, 0.25) is 5.91 Å². The fourth-order valence-electron chi connectivity index (χ4n) is 2.75. The van der Waals surface area contributed by atoms with Crippen LogP contribution in [-0.4, -0.2) is 58.8 Å². The van der Waals surface area contributed by atoms with Gasteiger partial charge in [0, 0.05) is 51.3 Å². The van der Waals surface area contributed by atoms with Crippen LogP contribution < -0.4 is 10.2 Å². The monoisotopic (exact) mass is 328 g/mol. The lowest BCUT2D eigenvalue weighted by atomic mass is 10.2. The highest BCUT2D eigenvalue weighted by Gasteiger charge is 2.17. The van der Waals surface area contributed by atoms with Crippen LogP contribution in [-0.2, 0) is 11.3 Å². The van der Waals surface area contributed by atoms with Gasteiger partial charge in [0.05, 0.1) is 0 Å². The number of anilines is 1. The van der Waals surface area contributed by atoms with Crippen molar-refractivity contribution in [1.82, 2.24) is 25.0 Å². The predicted molar refractivity (Wildman–Crippen MR) is 92.7 cm³/mol. The van der Waals surface area contributed by atoms with Crippen molar-refractivity contribution in [2.24, 2.45) is 0 Å². The second-order valence-corrected chi connectivity index (χ2v) is 6.19. The summed E-state index contributed by atoms with van der Waals surface area (Å²) >= 11 is 0. The number of rotatable bonds is 5. The van der Waals surface area contributed by atoms with Crippen molar-refractivity contribution in [3.63, 3.8) is 0 Å². The molecule has 0 spiro atoms. The molecule has 7 nitrogen and oxygen atoms in total. The number of nitrogens with zero attached hydrogens (tertiary/aromatic N) is 5. The summed E-state index contributed by atoms with van der Waals surface area (Å²) in [4.78, 5) is 21.3. The van der Waals surface area contributed by atoms with E-state index in [0.29, 0.717) is 6.54 Å². The molecule has 3 rings (SSSR count). The molecule has 2 aromatic rings. The third-order valence-electron chi connectivity index (χ3n) is 4.41. The van der Waals surface area contributed by atoms with E-state index in [9.17, 15) is 4.79 Å². The highest BCUT2D eigenvalue weighted by molar-refractivity contribution is 5.79. The van der Waals surface area contributed by atoms with E-state index in [0.717, 1.165) is 37.6 Å². The van der Waals surface area contributed by atoms with E-state index < -0.39 is 0 Å². The second-order valence-electron chi connectivity index (χ2n) is 6.19. The number of likely N-dealkylation sites (N-methyl/N-ethyl adjacent to an activating group) is 1. The van der Waals surface area contributed by atoms with Gasteiger partial charge in [-0.1, -0.05) is 0 Å². The summed E-state index contributed by atoms with van der Waals surface area (Å²) < 4.78 is 1.65. The minimum atomic E-state index is -0.320. The molecule has 7 heteroatoms. The molecule has 0 saturated carbocycles. The van der Waals surface area contributed by atoms with Crippen LogP contribution in [0.2, 0.25) is 0 Å². The van der Waals surface area contributed by atoms with Crippen LogP contribution in [0.5, 0.6) is 0 Å². The van der Waals surface area contributed by atoms with Crippen LogP contribution in [0, 0.1) is 0 Å². The summed E-state index contributed by atoms with van der Waals surface area (Å²) in [6.45, 7) is 6.39. The second kappa shape index (κ2) is 7.44. The molecule has 1 unspecified atom stereocenters. The van der Waals surface area contributed by atoms with Crippen molar-refractivity contribution in [3.05, 3.63) is 42.4 Å². The highest BCUT2D eigenvalue weighted by atomic mass is 16.2. The first kappa shape index (κ1) is 16.4. The fourth-order valence-corrected chi connectivity index (χ4v) is 2.75. The maximum Gasteiger partial charge on any atom is 0.244 e. The Labute approximate surface area is 142 Å². The molecule has 1 N–H and O–H groups in total. The SMILES string of the molecule is CC(C(=O)NCc1ccnc(N2CCN(C)CC2)c1)n1cccn1. The van der Waals surface area contributed by atoms with E-state index in [-0.39, 0.29) is 11.9 Å². The molecular weight excluding hydrogens is 304 g/mol. The molecule has 1 saturated heterocycles. The van der Waals surface area contributed by atoms with Gasteiger partial charge in [0.1, 0.15) is 11.9 Å². The smallest absolute Gasteiger partial charge is 0.244 e. The molecule has 24 heavy (non-hydrogen) atoms. The zero-order valence-electron chi connectivity index (χ0n) is 14.2.